The third kappa shape index (κ3) is 2.81. The lowest BCUT2D eigenvalue weighted by Gasteiger charge is -2.28. The minimum Gasteiger partial charge on any atom is -0.327 e. The first-order valence-corrected chi connectivity index (χ1v) is 7.10. The molecule has 19 heavy (non-hydrogen) atoms. The van der Waals surface area contributed by atoms with E-state index in [0.717, 1.165) is 38.5 Å². The summed E-state index contributed by atoms with van der Waals surface area (Å²) in [6, 6.07) is -0.292. The van der Waals surface area contributed by atoms with Crippen molar-refractivity contribution >= 4 is 11.9 Å². The molecule has 0 radical (unpaired) electrons. The monoisotopic (exact) mass is 265 g/mol. The fourth-order valence-corrected chi connectivity index (χ4v) is 2.96. The van der Waals surface area contributed by atoms with E-state index in [9.17, 15) is 9.59 Å². The second-order valence-corrected chi connectivity index (χ2v) is 5.63. The van der Waals surface area contributed by atoms with Crippen molar-refractivity contribution < 1.29 is 9.59 Å². The van der Waals surface area contributed by atoms with Crippen molar-refractivity contribution in [3.05, 3.63) is 12.2 Å². The molecule has 0 aromatic heterocycles. The number of hydrogen-bond donors (Lipinski definition) is 2. The Morgan fingerprint density at radius 2 is 1.79 bits per heavy atom. The second-order valence-electron chi connectivity index (χ2n) is 5.63. The number of carbonyl (C=O) groups excluding carboxylic acids is 2. The largest absolute Gasteiger partial charge is 0.327 e. The molecule has 1 aliphatic heterocycles. The number of nitrogens with two attached hydrogens (primary N) is 1. The van der Waals surface area contributed by atoms with Crippen molar-refractivity contribution in [1.82, 2.24) is 10.2 Å². The van der Waals surface area contributed by atoms with Crippen molar-refractivity contribution in [1.29, 1.82) is 0 Å². The smallest absolute Gasteiger partial charge is 0.325 e. The Labute approximate surface area is 114 Å². The van der Waals surface area contributed by atoms with Gasteiger partial charge in [-0.3, -0.25) is 9.69 Å². The van der Waals surface area contributed by atoms with Gasteiger partial charge in [0, 0.05) is 6.54 Å². The molecule has 2 fully saturated rings. The minimum absolute atomic E-state index is 0.0889. The van der Waals surface area contributed by atoms with E-state index in [1.807, 2.05) is 0 Å². The van der Waals surface area contributed by atoms with Gasteiger partial charge >= 0.3 is 6.03 Å². The van der Waals surface area contributed by atoms with Crippen LogP contribution >= 0.6 is 0 Å². The van der Waals surface area contributed by atoms with Crippen LogP contribution in [0.25, 0.3) is 0 Å². The van der Waals surface area contributed by atoms with E-state index >= 15 is 0 Å². The van der Waals surface area contributed by atoms with E-state index in [0.29, 0.717) is 12.1 Å². The van der Waals surface area contributed by atoms with Crippen LogP contribution in [0.2, 0.25) is 0 Å². The molecular formula is C14H23N3O2. The number of rotatable bonds is 3. The van der Waals surface area contributed by atoms with E-state index in [4.69, 9.17) is 5.73 Å². The third-order valence-corrected chi connectivity index (χ3v) is 4.12. The molecule has 0 bridgehead atoms. The van der Waals surface area contributed by atoms with Crippen molar-refractivity contribution in [2.75, 3.05) is 13.1 Å². The molecule has 3 N–H and O–H groups in total. The molecule has 0 aromatic carbocycles. The SMILES string of the molecule is C=C(CN)CN1C(=O)NC2(CCCCCCC2)C1=O. The van der Waals surface area contributed by atoms with Gasteiger partial charge in [-0.05, 0) is 18.4 Å². The van der Waals surface area contributed by atoms with Gasteiger partial charge in [0.1, 0.15) is 5.54 Å². The van der Waals surface area contributed by atoms with E-state index < -0.39 is 5.54 Å². The summed E-state index contributed by atoms with van der Waals surface area (Å²) in [7, 11) is 0. The number of carbonyl (C=O) groups is 2. The maximum absolute atomic E-state index is 12.6. The molecule has 5 heteroatoms. The van der Waals surface area contributed by atoms with Gasteiger partial charge in [0.05, 0.1) is 6.54 Å². The molecule has 1 saturated carbocycles. The Morgan fingerprint density at radius 3 is 2.37 bits per heavy atom. The molecule has 1 heterocycles. The van der Waals surface area contributed by atoms with Crippen LogP contribution in [-0.2, 0) is 4.79 Å². The molecule has 2 rings (SSSR count). The van der Waals surface area contributed by atoms with Crippen LogP contribution < -0.4 is 11.1 Å². The van der Waals surface area contributed by atoms with Gasteiger partial charge < -0.3 is 11.1 Å². The summed E-state index contributed by atoms with van der Waals surface area (Å²) < 4.78 is 0. The summed E-state index contributed by atoms with van der Waals surface area (Å²) in [6.45, 7) is 4.31. The van der Waals surface area contributed by atoms with Gasteiger partial charge in [-0.25, -0.2) is 4.79 Å². The standard InChI is InChI=1S/C14H23N3O2/c1-11(9-15)10-17-12(18)14(16-13(17)19)7-5-3-2-4-6-8-14/h1-10,15H2,(H,16,19). The lowest BCUT2D eigenvalue weighted by Crippen LogP contribution is -2.47. The molecule has 3 amide bonds. The van der Waals surface area contributed by atoms with Gasteiger partial charge in [-0.15, -0.1) is 0 Å². The summed E-state index contributed by atoms with van der Waals surface area (Å²) in [5.41, 5.74) is 5.53. The highest BCUT2D eigenvalue weighted by Gasteiger charge is 2.50. The van der Waals surface area contributed by atoms with Gasteiger partial charge in [0.2, 0.25) is 0 Å². The van der Waals surface area contributed by atoms with Crippen molar-refractivity contribution in [3.8, 4) is 0 Å². The summed E-state index contributed by atoms with van der Waals surface area (Å²) in [5, 5.41) is 2.92. The van der Waals surface area contributed by atoms with Crippen molar-refractivity contribution in [2.24, 2.45) is 5.73 Å². The lowest BCUT2D eigenvalue weighted by molar-refractivity contribution is -0.131. The molecule has 1 saturated heterocycles. The molecule has 1 spiro atoms. The van der Waals surface area contributed by atoms with Crippen molar-refractivity contribution in [3.63, 3.8) is 0 Å². The maximum Gasteiger partial charge on any atom is 0.325 e. The zero-order valence-corrected chi connectivity index (χ0v) is 11.4. The van der Waals surface area contributed by atoms with Crippen LogP contribution in [0.3, 0.4) is 0 Å². The molecule has 0 atom stereocenters. The summed E-state index contributed by atoms with van der Waals surface area (Å²) >= 11 is 0. The second kappa shape index (κ2) is 5.74. The Balaban J connectivity index is 2.12. The zero-order chi connectivity index (χ0) is 13.9. The average molecular weight is 265 g/mol. The van der Waals surface area contributed by atoms with Crippen molar-refractivity contribution in [2.45, 2.75) is 50.5 Å². The summed E-state index contributed by atoms with van der Waals surface area (Å²) in [5.74, 6) is -0.0889. The molecule has 1 aliphatic carbocycles. The average Bonchev–Trinajstić information content (AvgIpc) is 2.59. The molecular weight excluding hydrogens is 242 g/mol. The Morgan fingerprint density at radius 1 is 1.21 bits per heavy atom. The number of imide groups is 1. The van der Waals surface area contributed by atoms with Crippen LogP contribution in [0.1, 0.15) is 44.9 Å². The first-order valence-electron chi connectivity index (χ1n) is 7.10. The van der Waals surface area contributed by atoms with E-state index in [1.54, 1.807) is 0 Å². The predicted octanol–water partition coefficient (Wildman–Crippen LogP) is 1.54. The van der Waals surface area contributed by atoms with Crippen LogP contribution in [0, 0.1) is 0 Å². The Hall–Kier alpha value is -1.36. The third-order valence-electron chi connectivity index (χ3n) is 4.12. The highest BCUT2D eigenvalue weighted by Crippen LogP contribution is 2.32. The van der Waals surface area contributed by atoms with Crippen LogP contribution in [0.5, 0.6) is 0 Å². The highest BCUT2D eigenvalue weighted by molar-refractivity contribution is 6.07. The first-order chi connectivity index (χ1) is 9.09. The number of urea groups is 1. The molecule has 106 valence electrons. The fraction of sp³-hybridized carbons (Fsp3) is 0.714. The van der Waals surface area contributed by atoms with E-state index in [2.05, 4.69) is 11.9 Å². The lowest BCUT2D eigenvalue weighted by atomic mass is 9.84. The van der Waals surface area contributed by atoms with Gasteiger partial charge in [-0.2, -0.15) is 0 Å². The zero-order valence-electron chi connectivity index (χ0n) is 11.4. The molecule has 2 aliphatic rings. The Kier molecular flexibility index (Phi) is 4.24. The minimum atomic E-state index is -0.660. The molecule has 5 nitrogen and oxygen atoms in total. The number of amides is 3. The van der Waals surface area contributed by atoms with Crippen LogP contribution in [-0.4, -0.2) is 35.5 Å². The number of nitrogens with one attached hydrogen (secondary N) is 1. The van der Waals surface area contributed by atoms with Gasteiger partial charge in [0.15, 0.2) is 0 Å². The van der Waals surface area contributed by atoms with Gasteiger partial charge in [0.25, 0.3) is 5.91 Å². The van der Waals surface area contributed by atoms with E-state index in [1.165, 1.54) is 11.3 Å². The predicted molar refractivity (Wildman–Crippen MR) is 73.5 cm³/mol. The number of hydrogen-bond acceptors (Lipinski definition) is 3. The van der Waals surface area contributed by atoms with E-state index in [-0.39, 0.29) is 18.5 Å². The van der Waals surface area contributed by atoms with Crippen LogP contribution in [0.15, 0.2) is 12.2 Å². The number of nitrogens with zero attached hydrogens (tertiary/aromatic N) is 1. The maximum atomic E-state index is 12.6. The van der Waals surface area contributed by atoms with Crippen LogP contribution in [0.4, 0.5) is 4.79 Å². The normalized spacial score (nSPS) is 23.1. The topological polar surface area (TPSA) is 75.4 Å². The highest BCUT2D eigenvalue weighted by atomic mass is 16.2. The molecule has 0 aromatic rings. The quantitative estimate of drug-likeness (QED) is 0.600. The van der Waals surface area contributed by atoms with Gasteiger partial charge in [-0.1, -0.05) is 38.7 Å². The Bertz CT molecular complexity index is 384. The summed E-state index contributed by atoms with van der Waals surface area (Å²) in [6.07, 6.45) is 7.01. The fourth-order valence-electron chi connectivity index (χ4n) is 2.96. The summed E-state index contributed by atoms with van der Waals surface area (Å²) in [4.78, 5) is 25.9. The molecule has 0 unspecified atom stereocenters. The first kappa shape index (κ1) is 14.1.